The Bertz CT molecular complexity index is 94.1. The minimum atomic E-state index is -0.368. The van der Waals surface area contributed by atoms with Crippen molar-refractivity contribution in [2.24, 2.45) is 0 Å². The van der Waals surface area contributed by atoms with Gasteiger partial charge in [0.15, 0.2) is 0 Å². The van der Waals surface area contributed by atoms with Crippen LogP contribution in [0, 0.1) is 0 Å². The fourth-order valence-electron chi connectivity index (χ4n) is 0.778. The average molecular weight is 161 g/mol. The minimum absolute atomic E-state index is 0.201. The van der Waals surface area contributed by atoms with Crippen molar-refractivity contribution in [1.29, 1.82) is 0 Å². The van der Waals surface area contributed by atoms with Gasteiger partial charge in [0.1, 0.15) is 0 Å². The minimum Gasteiger partial charge on any atom is -0.389 e. The molecule has 0 aliphatic carbocycles. The molecule has 0 unspecified atom stereocenters. The second-order valence-corrected chi connectivity index (χ2v) is 3.30. The van der Waals surface area contributed by atoms with Crippen LogP contribution in [0.15, 0.2) is 0 Å². The largest absolute Gasteiger partial charge is 0.389 e. The van der Waals surface area contributed by atoms with E-state index in [4.69, 9.17) is 4.74 Å². The van der Waals surface area contributed by atoms with E-state index in [0.717, 1.165) is 0 Å². The Hall–Kier alpha value is -0.120. The number of likely N-dealkylation sites (N-methyl/N-ethyl adjacent to an activating group) is 1. The molecule has 0 radical (unpaired) electrons. The summed E-state index contributed by atoms with van der Waals surface area (Å²) in [5, 5.41) is 9.30. The summed E-state index contributed by atoms with van der Waals surface area (Å²) in [6.07, 6.45) is -0.167. The molecule has 3 heteroatoms. The second-order valence-electron chi connectivity index (χ2n) is 3.30. The Morgan fingerprint density at radius 3 is 2.27 bits per heavy atom. The monoisotopic (exact) mass is 161 g/mol. The molecule has 0 heterocycles. The standard InChI is InChI=1S/C8H19NO2/c1-7(2)11-6-8(10)5-9(3)4/h7-8,10H,5-6H2,1-4H3/t8-/m0/s1. The molecular weight excluding hydrogens is 142 g/mol. The molecule has 0 aromatic heterocycles. The van der Waals surface area contributed by atoms with Gasteiger partial charge in [0.2, 0.25) is 0 Å². The first-order chi connectivity index (χ1) is 5.02. The second kappa shape index (κ2) is 5.52. The van der Waals surface area contributed by atoms with Gasteiger partial charge in [-0.25, -0.2) is 0 Å². The molecule has 0 amide bonds. The van der Waals surface area contributed by atoms with Crippen molar-refractivity contribution in [2.45, 2.75) is 26.1 Å². The third kappa shape index (κ3) is 7.78. The summed E-state index contributed by atoms with van der Waals surface area (Å²) in [4.78, 5) is 1.94. The zero-order valence-corrected chi connectivity index (χ0v) is 7.87. The highest BCUT2D eigenvalue weighted by Gasteiger charge is 2.05. The number of ether oxygens (including phenoxy) is 1. The van der Waals surface area contributed by atoms with Crippen LogP contribution in [0.2, 0.25) is 0 Å². The molecule has 0 aromatic carbocycles. The van der Waals surface area contributed by atoms with E-state index in [2.05, 4.69) is 0 Å². The number of aliphatic hydroxyl groups excluding tert-OH is 1. The van der Waals surface area contributed by atoms with Gasteiger partial charge in [0.05, 0.1) is 18.8 Å². The summed E-state index contributed by atoms with van der Waals surface area (Å²) in [7, 11) is 3.86. The summed E-state index contributed by atoms with van der Waals surface area (Å²) in [5.41, 5.74) is 0. The first-order valence-electron chi connectivity index (χ1n) is 3.96. The molecular formula is C8H19NO2. The molecule has 0 rings (SSSR count). The molecule has 1 N–H and O–H groups in total. The van der Waals surface area contributed by atoms with Crippen LogP contribution in [0.3, 0.4) is 0 Å². The third-order valence-electron chi connectivity index (χ3n) is 1.20. The van der Waals surface area contributed by atoms with E-state index in [1.165, 1.54) is 0 Å². The van der Waals surface area contributed by atoms with Crippen LogP contribution in [-0.2, 0) is 4.74 Å². The van der Waals surface area contributed by atoms with E-state index in [0.29, 0.717) is 13.2 Å². The first-order valence-corrected chi connectivity index (χ1v) is 3.96. The summed E-state index contributed by atoms with van der Waals surface area (Å²) < 4.78 is 5.23. The van der Waals surface area contributed by atoms with E-state index >= 15 is 0 Å². The van der Waals surface area contributed by atoms with Crippen LogP contribution >= 0.6 is 0 Å². The number of hydrogen-bond donors (Lipinski definition) is 1. The van der Waals surface area contributed by atoms with E-state index in [9.17, 15) is 5.11 Å². The molecule has 0 aromatic rings. The van der Waals surface area contributed by atoms with E-state index in [-0.39, 0.29) is 12.2 Å². The van der Waals surface area contributed by atoms with Gasteiger partial charge >= 0.3 is 0 Å². The van der Waals surface area contributed by atoms with Gasteiger partial charge in [0, 0.05) is 6.54 Å². The highest BCUT2D eigenvalue weighted by molar-refractivity contribution is 4.57. The highest BCUT2D eigenvalue weighted by atomic mass is 16.5. The SMILES string of the molecule is CC(C)OC[C@@H](O)CN(C)C. The van der Waals surface area contributed by atoms with Gasteiger partial charge in [-0.3, -0.25) is 0 Å². The zero-order valence-electron chi connectivity index (χ0n) is 7.87. The lowest BCUT2D eigenvalue weighted by molar-refractivity contribution is -0.00312. The van der Waals surface area contributed by atoms with Crippen molar-refractivity contribution in [3.8, 4) is 0 Å². The molecule has 11 heavy (non-hydrogen) atoms. The fourth-order valence-corrected chi connectivity index (χ4v) is 0.778. The van der Waals surface area contributed by atoms with Crippen LogP contribution in [0.25, 0.3) is 0 Å². The Kier molecular flexibility index (Phi) is 5.46. The van der Waals surface area contributed by atoms with Gasteiger partial charge in [-0.2, -0.15) is 0 Å². The van der Waals surface area contributed by atoms with Gasteiger partial charge in [-0.1, -0.05) is 0 Å². The predicted octanol–water partition coefficient (Wildman–Crippen LogP) is 0.334. The molecule has 0 saturated carbocycles. The summed E-state index contributed by atoms with van der Waals surface area (Å²) in [5.74, 6) is 0. The lowest BCUT2D eigenvalue weighted by Gasteiger charge is -2.17. The molecule has 1 atom stereocenters. The van der Waals surface area contributed by atoms with E-state index in [1.54, 1.807) is 0 Å². The van der Waals surface area contributed by atoms with Crippen molar-refractivity contribution >= 4 is 0 Å². The molecule has 0 bridgehead atoms. The summed E-state index contributed by atoms with van der Waals surface area (Å²) >= 11 is 0. The summed E-state index contributed by atoms with van der Waals surface area (Å²) in [6, 6.07) is 0. The van der Waals surface area contributed by atoms with E-state index < -0.39 is 0 Å². The Morgan fingerprint density at radius 1 is 1.36 bits per heavy atom. The van der Waals surface area contributed by atoms with Crippen LogP contribution in [0.4, 0.5) is 0 Å². The Morgan fingerprint density at radius 2 is 1.91 bits per heavy atom. The predicted molar refractivity (Wildman–Crippen MR) is 45.6 cm³/mol. The van der Waals surface area contributed by atoms with Crippen LogP contribution in [0.1, 0.15) is 13.8 Å². The maximum absolute atomic E-state index is 9.30. The van der Waals surface area contributed by atoms with Gasteiger partial charge in [-0.15, -0.1) is 0 Å². The van der Waals surface area contributed by atoms with Crippen molar-refractivity contribution in [3.63, 3.8) is 0 Å². The number of hydrogen-bond acceptors (Lipinski definition) is 3. The number of rotatable bonds is 5. The molecule has 0 aliphatic rings. The van der Waals surface area contributed by atoms with Gasteiger partial charge in [0.25, 0.3) is 0 Å². The quantitative estimate of drug-likeness (QED) is 0.631. The lowest BCUT2D eigenvalue weighted by atomic mass is 10.3. The van der Waals surface area contributed by atoms with Gasteiger partial charge in [-0.05, 0) is 27.9 Å². The molecule has 68 valence electrons. The Balaban J connectivity index is 3.29. The molecule has 0 aliphatic heterocycles. The lowest BCUT2D eigenvalue weighted by Crippen LogP contribution is -2.30. The number of nitrogens with zero attached hydrogens (tertiary/aromatic N) is 1. The van der Waals surface area contributed by atoms with E-state index in [1.807, 2.05) is 32.8 Å². The smallest absolute Gasteiger partial charge is 0.0900 e. The fraction of sp³-hybridized carbons (Fsp3) is 1.00. The summed E-state index contributed by atoms with van der Waals surface area (Å²) in [6.45, 7) is 5.01. The van der Waals surface area contributed by atoms with Crippen LogP contribution < -0.4 is 0 Å². The van der Waals surface area contributed by atoms with Crippen molar-refractivity contribution in [1.82, 2.24) is 4.90 Å². The topological polar surface area (TPSA) is 32.7 Å². The molecule has 0 fully saturated rings. The normalized spacial score (nSPS) is 14.5. The number of aliphatic hydroxyl groups is 1. The van der Waals surface area contributed by atoms with Crippen molar-refractivity contribution in [3.05, 3.63) is 0 Å². The van der Waals surface area contributed by atoms with Crippen molar-refractivity contribution in [2.75, 3.05) is 27.2 Å². The average Bonchev–Trinajstić information content (AvgIpc) is 1.82. The maximum Gasteiger partial charge on any atom is 0.0900 e. The van der Waals surface area contributed by atoms with Crippen LogP contribution in [-0.4, -0.2) is 49.5 Å². The third-order valence-corrected chi connectivity index (χ3v) is 1.20. The molecule has 0 saturated heterocycles. The molecule has 0 spiro atoms. The van der Waals surface area contributed by atoms with Gasteiger partial charge < -0.3 is 14.7 Å². The molecule has 3 nitrogen and oxygen atoms in total. The zero-order chi connectivity index (χ0) is 8.85. The maximum atomic E-state index is 9.30. The van der Waals surface area contributed by atoms with Crippen molar-refractivity contribution < 1.29 is 9.84 Å². The first kappa shape index (κ1) is 10.9. The highest BCUT2D eigenvalue weighted by Crippen LogP contribution is 1.92. The van der Waals surface area contributed by atoms with Crippen LogP contribution in [0.5, 0.6) is 0 Å². The Labute approximate surface area is 69.0 Å².